The smallest absolute Gasteiger partial charge is 0.345 e. The Morgan fingerprint density at radius 2 is 1.90 bits per heavy atom. The number of aromatic carboxylic acids is 1. The molecule has 0 fully saturated rings. The second-order valence-corrected chi connectivity index (χ2v) is 6.38. The van der Waals surface area contributed by atoms with Crippen molar-refractivity contribution in [2.45, 2.75) is 4.90 Å². The molecule has 0 aliphatic heterocycles. The maximum Gasteiger partial charge on any atom is 0.345 e. The molecule has 5 nitrogen and oxygen atoms in total. The molecule has 1 heterocycles. The van der Waals surface area contributed by atoms with Crippen molar-refractivity contribution in [1.29, 1.82) is 0 Å². The molecule has 20 heavy (non-hydrogen) atoms. The Hall–Kier alpha value is -2.00. The average Bonchev–Trinajstić information content (AvgIpc) is 2.80. The Bertz CT molecular complexity index is 770. The molecule has 0 aliphatic rings. The number of rotatable bonds is 4. The van der Waals surface area contributed by atoms with Crippen molar-refractivity contribution >= 4 is 32.3 Å². The third-order valence-electron chi connectivity index (χ3n) is 2.23. The van der Waals surface area contributed by atoms with Crippen LogP contribution in [0.5, 0.6) is 0 Å². The second kappa shape index (κ2) is 5.17. The number of nitrogens with one attached hydrogen (secondary N) is 1. The molecule has 0 saturated carbocycles. The van der Waals surface area contributed by atoms with E-state index in [0.717, 1.165) is 6.07 Å². The van der Waals surface area contributed by atoms with Gasteiger partial charge in [0, 0.05) is 0 Å². The van der Waals surface area contributed by atoms with Gasteiger partial charge >= 0.3 is 5.97 Å². The van der Waals surface area contributed by atoms with E-state index in [0.29, 0.717) is 23.5 Å². The van der Waals surface area contributed by atoms with E-state index in [1.807, 2.05) is 4.72 Å². The lowest BCUT2D eigenvalue weighted by Gasteiger charge is -2.06. The maximum atomic E-state index is 13.4. The molecule has 0 aliphatic carbocycles. The molecule has 9 heteroatoms. The van der Waals surface area contributed by atoms with Crippen molar-refractivity contribution in [3.05, 3.63) is 46.8 Å². The van der Waals surface area contributed by atoms with Crippen molar-refractivity contribution in [2.24, 2.45) is 0 Å². The largest absolute Gasteiger partial charge is 0.477 e. The SMILES string of the molecule is O=C(O)c1ccc(NS(=O)(=O)c2cc(F)ccc2F)s1. The molecular weight excluding hydrogens is 312 g/mol. The predicted octanol–water partition coefficient (Wildman–Crippen LogP) is 2.53. The van der Waals surface area contributed by atoms with Crippen LogP contribution in [0, 0.1) is 11.6 Å². The molecule has 2 N–H and O–H groups in total. The van der Waals surface area contributed by atoms with E-state index in [2.05, 4.69) is 0 Å². The fourth-order valence-electron chi connectivity index (χ4n) is 1.38. The molecular formula is C11H7F2NO4S2. The molecule has 1 aromatic heterocycles. The minimum atomic E-state index is -4.33. The van der Waals surface area contributed by atoms with Gasteiger partial charge in [-0.25, -0.2) is 22.0 Å². The molecule has 0 saturated heterocycles. The van der Waals surface area contributed by atoms with Gasteiger partial charge in [0.25, 0.3) is 10.0 Å². The monoisotopic (exact) mass is 319 g/mol. The second-order valence-electron chi connectivity index (χ2n) is 3.65. The lowest BCUT2D eigenvalue weighted by atomic mass is 10.3. The van der Waals surface area contributed by atoms with E-state index in [4.69, 9.17) is 5.11 Å². The zero-order valence-corrected chi connectivity index (χ0v) is 11.3. The molecule has 0 spiro atoms. The van der Waals surface area contributed by atoms with E-state index in [-0.39, 0.29) is 9.88 Å². The molecule has 106 valence electrons. The number of thiophene rings is 1. The third kappa shape index (κ3) is 2.94. The number of benzene rings is 1. The zero-order valence-electron chi connectivity index (χ0n) is 9.63. The highest BCUT2D eigenvalue weighted by atomic mass is 32.2. The van der Waals surface area contributed by atoms with E-state index >= 15 is 0 Å². The summed E-state index contributed by atoms with van der Waals surface area (Å²) in [5.74, 6) is -3.21. The highest BCUT2D eigenvalue weighted by molar-refractivity contribution is 7.93. The fraction of sp³-hybridized carbons (Fsp3) is 0. The number of halogens is 2. The Balaban J connectivity index is 2.35. The van der Waals surface area contributed by atoms with Gasteiger partial charge in [0.2, 0.25) is 0 Å². The normalized spacial score (nSPS) is 11.3. The Morgan fingerprint density at radius 3 is 2.50 bits per heavy atom. The molecule has 0 atom stereocenters. The van der Waals surface area contributed by atoms with Crippen LogP contribution in [0.2, 0.25) is 0 Å². The van der Waals surface area contributed by atoms with E-state index in [9.17, 15) is 22.0 Å². The van der Waals surface area contributed by atoms with Crippen LogP contribution >= 0.6 is 11.3 Å². The minimum Gasteiger partial charge on any atom is -0.477 e. The molecule has 0 amide bonds. The number of sulfonamides is 1. The summed E-state index contributed by atoms with van der Waals surface area (Å²) in [5.41, 5.74) is 0. The van der Waals surface area contributed by atoms with Gasteiger partial charge in [-0.3, -0.25) is 4.72 Å². The maximum absolute atomic E-state index is 13.4. The first-order chi connectivity index (χ1) is 9.29. The summed E-state index contributed by atoms with van der Waals surface area (Å²) in [6.07, 6.45) is 0. The number of carboxylic acids is 1. The van der Waals surface area contributed by atoms with Crippen LogP contribution in [0.4, 0.5) is 13.8 Å². The summed E-state index contributed by atoms with van der Waals surface area (Å²) < 4.78 is 52.2. The summed E-state index contributed by atoms with van der Waals surface area (Å²) in [5, 5.41) is 8.71. The van der Waals surface area contributed by atoms with Crippen LogP contribution in [0.3, 0.4) is 0 Å². The summed E-state index contributed by atoms with van der Waals surface area (Å²) in [7, 11) is -4.33. The fourth-order valence-corrected chi connectivity index (χ4v) is 3.51. The Kier molecular flexibility index (Phi) is 3.73. The number of hydrogen-bond donors (Lipinski definition) is 2. The van der Waals surface area contributed by atoms with Crippen LogP contribution in [0.25, 0.3) is 0 Å². The van der Waals surface area contributed by atoms with Crippen molar-refractivity contribution in [3.63, 3.8) is 0 Å². The van der Waals surface area contributed by atoms with Gasteiger partial charge in [0.1, 0.15) is 26.4 Å². The first kappa shape index (κ1) is 14.4. The molecule has 0 radical (unpaired) electrons. The predicted molar refractivity (Wildman–Crippen MR) is 68.4 cm³/mol. The van der Waals surface area contributed by atoms with Gasteiger partial charge in [-0.1, -0.05) is 0 Å². The molecule has 1 aromatic carbocycles. The highest BCUT2D eigenvalue weighted by Gasteiger charge is 2.21. The minimum absolute atomic E-state index is 0.00828. The standard InChI is InChI=1S/C11H7F2NO4S2/c12-6-1-2-7(13)9(5-6)20(17,18)14-10-4-3-8(19-10)11(15)16/h1-5,14H,(H,15,16). The molecule has 0 bridgehead atoms. The zero-order chi connectivity index (χ0) is 14.9. The third-order valence-corrected chi connectivity index (χ3v) is 4.73. The van der Waals surface area contributed by atoms with Gasteiger partial charge in [-0.05, 0) is 30.3 Å². The molecule has 2 aromatic rings. The van der Waals surface area contributed by atoms with Crippen LogP contribution in [0.1, 0.15) is 9.67 Å². The van der Waals surface area contributed by atoms with E-state index in [1.165, 1.54) is 12.1 Å². The summed E-state index contributed by atoms with van der Waals surface area (Å²) in [6, 6.07) is 4.46. The highest BCUT2D eigenvalue weighted by Crippen LogP contribution is 2.26. The number of anilines is 1. The van der Waals surface area contributed by atoms with Crippen molar-refractivity contribution in [3.8, 4) is 0 Å². The summed E-state index contributed by atoms with van der Waals surface area (Å²) in [4.78, 5) is 9.75. The van der Waals surface area contributed by atoms with Crippen molar-refractivity contribution in [2.75, 3.05) is 4.72 Å². The van der Waals surface area contributed by atoms with E-state index in [1.54, 1.807) is 0 Å². The van der Waals surface area contributed by atoms with Crippen molar-refractivity contribution in [1.82, 2.24) is 0 Å². The quantitative estimate of drug-likeness (QED) is 0.907. The first-order valence-corrected chi connectivity index (χ1v) is 7.40. The Labute approximate surface area is 116 Å². The summed E-state index contributed by atoms with van der Waals surface area (Å²) in [6.45, 7) is 0. The topological polar surface area (TPSA) is 83.5 Å². The molecule has 0 unspecified atom stereocenters. The van der Waals surface area contributed by atoms with Crippen LogP contribution < -0.4 is 4.72 Å². The average molecular weight is 319 g/mol. The number of carboxylic acid groups (broad SMARTS) is 1. The van der Waals surface area contributed by atoms with Crippen LogP contribution in [-0.2, 0) is 10.0 Å². The Morgan fingerprint density at radius 1 is 1.20 bits per heavy atom. The summed E-state index contributed by atoms with van der Waals surface area (Å²) >= 11 is 0.667. The van der Waals surface area contributed by atoms with Gasteiger partial charge < -0.3 is 5.11 Å². The van der Waals surface area contributed by atoms with Crippen LogP contribution in [-0.4, -0.2) is 19.5 Å². The number of hydrogen-bond acceptors (Lipinski definition) is 4. The van der Waals surface area contributed by atoms with E-state index < -0.39 is 32.5 Å². The molecule has 2 rings (SSSR count). The lowest BCUT2D eigenvalue weighted by molar-refractivity contribution is 0.0702. The van der Waals surface area contributed by atoms with Gasteiger partial charge in [-0.15, -0.1) is 11.3 Å². The van der Waals surface area contributed by atoms with Crippen molar-refractivity contribution < 1.29 is 27.1 Å². The van der Waals surface area contributed by atoms with Crippen LogP contribution in [0.15, 0.2) is 35.2 Å². The van der Waals surface area contributed by atoms with Gasteiger partial charge in [0.05, 0.1) is 0 Å². The van der Waals surface area contributed by atoms with Gasteiger partial charge in [-0.2, -0.15) is 0 Å². The first-order valence-electron chi connectivity index (χ1n) is 5.10. The number of carbonyl (C=O) groups is 1. The van der Waals surface area contributed by atoms with Gasteiger partial charge in [0.15, 0.2) is 0 Å². The lowest BCUT2D eigenvalue weighted by Crippen LogP contribution is -2.14.